The molecule has 1 aromatic rings. The highest BCUT2D eigenvalue weighted by molar-refractivity contribution is 5.97. The van der Waals surface area contributed by atoms with Gasteiger partial charge in [-0.15, -0.1) is 0 Å². The summed E-state index contributed by atoms with van der Waals surface area (Å²) in [4.78, 5) is 104. The van der Waals surface area contributed by atoms with E-state index in [0.717, 1.165) is 25.7 Å². The summed E-state index contributed by atoms with van der Waals surface area (Å²) in [5, 5.41) is 34.7. The quantitative estimate of drug-likeness (QED) is 0.0574. The highest BCUT2D eigenvalue weighted by atomic mass is 16.4. The SMILES string of the molecule is CCCCCCCC(=O)N[C@H](C(=O)N[C@@H](Cc1ccccc1)C(=O)N[C@@H](CCC(=O)O)C(=O)N[C@H](C(=O)N[C@@H](C)C(=O)N[C@@H](CC(C)C)C(=O)O)[C@@H](C)CC)C(C)C. The van der Waals surface area contributed by atoms with Gasteiger partial charge in [0, 0.05) is 19.3 Å². The molecule has 0 aliphatic heterocycles. The zero-order chi connectivity index (χ0) is 43.9. The zero-order valence-corrected chi connectivity index (χ0v) is 35.5. The molecule has 58 heavy (non-hydrogen) atoms. The normalized spacial score (nSPS) is 14.8. The number of carbonyl (C=O) groups excluding carboxylic acids is 6. The van der Waals surface area contributed by atoms with E-state index in [2.05, 4.69) is 38.8 Å². The van der Waals surface area contributed by atoms with E-state index in [1.165, 1.54) is 6.92 Å². The van der Waals surface area contributed by atoms with E-state index in [0.29, 0.717) is 18.4 Å². The Morgan fingerprint density at radius 3 is 1.71 bits per heavy atom. The number of aliphatic carboxylic acids is 2. The first-order chi connectivity index (χ1) is 27.3. The lowest BCUT2D eigenvalue weighted by molar-refractivity contribution is -0.143. The lowest BCUT2D eigenvalue weighted by Gasteiger charge is -2.29. The number of carboxylic acids is 2. The maximum Gasteiger partial charge on any atom is 0.326 e. The molecule has 8 N–H and O–H groups in total. The molecule has 0 heterocycles. The lowest BCUT2D eigenvalue weighted by Crippen LogP contribution is -2.60. The average molecular weight is 817 g/mol. The molecular weight excluding hydrogens is 748 g/mol. The summed E-state index contributed by atoms with van der Waals surface area (Å²) in [6.45, 7) is 14.1. The number of hydrogen-bond acceptors (Lipinski definition) is 8. The topological polar surface area (TPSA) is 249 Å². The summed E-state index contributed by atoms with van der Waals surface area (Å²) in [5.41, 5.74) is 0.678. The van der Waals surface area contributed by atoms with Crippen LogP contribution in [0.5, 0.6) is 0 Å². The Morgan fingerprint density at radius 2 is 1.16 bits per heavy atom. The third-order valence-electron chi connectivity index (χ3n) is 9.84. The summed E-state index contributed by atoms with van der Waals surface area (Å²) >= 11 is 0. The Balaban J connectivity index is 3.30. The van der Waals surface area contributed by atoms with E-state index in [1.54, 1.807) is 71.9 Å². The van der Waals surface area contributed by atoms with Crippen molar-refractivity contribution in [1.82, 2.24) is 31.9 Å². The maximum absolute atomic E-state index is 14.0. The molecule has 0 radical (unpaired) electrons. The molecule has 7 atom stereocenters. The fraction of sp³-hybridized carbons (Fsp3) is 0.667. The van der Waals surface area contributed by atoms with Crippen LogP contribution in [0.15, 0.2) is 30.3 Å². The third kappa shape index (κ3) is 19.4. The highest BCUT2D eigenvalue weighted by Crippen LogP contribution is 2.13. The van der Waals surface area contributed by atoms with Crippen LogP contribution in [0.2, 0.25) is 0 Å². The van der Waals surface area contributed by atoms with Crippen LogP contribution in [-0.4, -0.2) is 93.8 Å². The van der Waals surface area contributed by atoms with Gasteiger partial charge in [-0.1, -0.05) is 111 Å². The summed E-state index contributed by atoms with van der Waals surface area (Å²) in [7, 11) is 0. The molecule has 0 aliphatic carbocycles. The first kappa shape index (κ1) is 51.0. The minimum atomic E-state index is -1.46. The first-order valence-corrected chi connectivity index (χ1v) is 20.6. The van der Waals surface area contributed by atoms with Gasteiger partial charge < -0.3 is 42.1 Å². The second kappa shape index (κ2) is 26.8. The first-order valence-electron chi connectivity index (χ1n) is 20.6. The maximum atomic E-state index is 14.0. The van der Waals surface area contributed by atoms with E-state index in [9.17, 15) is 48.6 Å². The molecule has 6 amide bonds. The Bertz CT molecular complexity index is 1500. The number of benzene rings is 1. The average Bonchev–Trinajstić information content (AvgIpc) is 3.16. The number of hydrogen-bond donors (Lipinski definition) is 8. The molecule has 16 nitrogen and oxygen atoms in total. The van der Waals surface area contributed by atoms with Crippen LogP contribution in [0.4, 0.5) is 0 Å². The van der Waals surface area contributed by atoms with Crippen molar-refractivity contribution in [3.8, 4) is 0 Å². The molecule has 0 spiro atoms. The Hall–Kier alpha value is -5.02. The smallest absolute Gasteiger partial charge is 0.326 e. The van der Waals surface area contributed by atoms with Crippen molar-refractivity contribution < 1.29 is 48.6 Å². The molecule has 0 fully saturated rings. The van der Waals surface area contributed by atoms with Crippen LogP contribution >= 0.6 is 0 Å². The number of carboxylic acid groups (broad SMARTS) is 2. The van der Waals surface area contributed by atoms with Crippen molar-refractivity contribution in [2.24, 2.45) is 17.8 Å². The van der Waals surface area contributed by atoms with Gasteiger partial charge in [0.25, 0.3) is 0 Å². The van der Waals surface area contributed by atoms with Crippen LogP contribution in [-0.2, 0) is 44.8 Å². The number of carbonyl (C=O) groups is 8. The second-order valence-electron chi connectivity index (χ2n) is 15.8. The van der Waals surface area contributed by atoms with E-state index >= 15 is 0 Å². The summed E-state index contributed by atoms with van der Waals surface area (Å²) in [5.74, 6) is -7.37. The molecule has 1 rings (SSSR count). The van der Waals surface area contributed by atoms with Crippen molar-refractivity contribution >= 4 is 47.4 Å². The lowest BCUT2D eigenvalue weighted by atomic mass is 9.97. The highest BCUT2D eigenvalue weighted by Gasteiger charge is 2.35. The predicted octanol–water partition coefficient (Wildman–Crippen LogP) is 3.22. The van der Waals surface area contributed by atoms with Crippen molar-refractivity contribution in [2.45, 2.75) is 162 Å². The summed E-state index contributed by atoms with van der Waals surface area (Å²) in [6.07, 6.45) is 4.66. The fourth-order valence-corrected chi connectivity index (χ4v) is 6.11. The monoisotopic (exact) mass is 816 g/mol. The van der Waals surface area contributed by atoms with Crippen molar-refractivity contribution in [1.29, 1.82) is 0 Å². The Morgan fingerprint density at radius 1 is 0.586 bits per heavy atom. The van der Waals surface area contributed by atoms with Crippen molar-refractivity contribution in [2.75, 3.05) is 0 Å². The third-order valence-corrected chi connectivity index (χ3v) is 9.84. The largest absolute Gasteiger partial charge is 0.481 e. The number of amides is 6. The predicted molar refractivity (Wildman–Crippen MR) is 219 cm³/mol. The molecule has 0 unspecified atom stereocenters. The van der Waals surface area contributed by atoms with Gasteiger partial charge in [-0.25, -0.2) is 4.79 Å². The van der Waals surface area contributed by atoms with Gasteiger partial charge in [-0.05, 0) is 49.5 Å². The van der Waals surface area contributed by atoms with E-state index in [4.69, 9.17) is 0 Å². The van der Waals surface area contributed by atoms with E-state index in [-0.39, 0.29) is 43.4 Å². The molecule has 0 saturated heterocycles. The summed E-state index contributed by atoms with van der Waals surface area (Å²) < 4.78 is 0. The molecular formula is C42H68N6O10. The fourth-order valence-electron chi connectivity index (χ4n) is 6.11. The van der Waals surface area contributed by atoms with Crippen molar-refractivity contribution in [3.63, 3.8) is 0 Å². The van der Waals surface area contributed by atoms with Gasteiger partial charge in [0.05, 0.1) is 0 Å². The molecule has 0 aliphatic rings. The van der Waals surface area contributed by atoms with Crippen LogP contribution in [0.25, 0.3) is 0 Å². The van der Waals surface area contributed by atoms with Crippen LogP contribution in [0, 0.1) is 17.8 Å². The minimum absolute atomic E-state index is 0.000368. The number of unbranched alkanes of at least 4 members (excludes halogenated alkanes) is 4. The Kier molecular flexibility index (Phi) is 23.6. The summed E-state index contributed by atoms with van der Waals surface area (Å²) in [6, 6.07) is 1.54. The number of nitrogens with one attached hydrogen (secondary N) is 6. The van der Waals surface area contributed by atoms with Gasteiger partial charge in [-0.3, -0.25) is 33.6 Å². The van der Waals surface area contributed by atoms with Crippen LogP contribution < -0.4 is 31.9 Å². The van der Waals surface area contributed by atoms with E-state index in [1.807, 2.05) is 0 Å². The minimum Gasteiger partial charge on any atom is -0.481 e. The van der Waals surface area contributed by atoms with Gasteiger partial charge in [0.2, 0.25) is 35.4 Å². The van der Waals surface area contributed by atoms with Crippen LogP contribution in [0.1, 0.15) is 125 Å². The molecule has 16 heteroatoms. The van der Waals surface area contributed by atoms with E-state index < -0.39 is 90.1 Å². The molecule has 1 aromatic carbocycles. The molecule has 0 saturated carbocycles. The molecule has 0 bridgehead atoms. The Labute approximate surface area is 343 Å². The van der Waals surface area contributed by atoms with Gasteiger partial charge in [0.15, 0.2) is 0 Å². The van der Waals surface area contributed by atoms with Crippen LogP contribution in [0.3, 0.4) is 0 Å². The molecule has 0 aromatic heterocycles. The van der Waals surface area contributed by atoms with Gasteiger partial charge in [-0.2, -0.15) is 0 Å². The second-order valence-corrected chi connectivity index (χ2v) is 15.8. The number of rotatable bonds is 28. The standard InChI is InChI=1S/C42H68N6O10/c1-9-11-12-13-17-20-33(49)47-35(26(5)6)40(55)45-31(24-29-18-15-14-16-19-29)39(54)44-30(21-22-34(50)51)38(53)48-36(27(7)10-2)41(56)43-28(8)37(52)46-32(42(57)58)23-25(3)4/h14-16,18-19,25-28,30-32,35-36H,9-13,17,20-24H2,1-8H3,(H,43,56)(H,44,54)(H,45,55)(H,46,52)(H,47,49)(H,48,53)(H,50,51)(H,57,58)/t27-,28-,30-,31-,32-,35-,36-/m0/s1. The van der Waals surface area contributed by atoms with Gasteiger partial charge >= 0.3 is 11.9 Å². The zero-order valence-electron chi connectivity index (χ0n) is 35.5. The van der Waals surface area contributed by atoms with Gasteiger partial charge in [0.1, 0.15) is 36.3 Å². The molecule has 326 valence electrons. The van der Waals surface area contributed by atoms with Crippen molar-refractivity contribution in [3.05, 3.63) is 35.9 Å².